The number of likely N-dealkylation sites (N-methyl/N-ethyl adjacent to an activating group) is 1. The first-order valence-electron chi connectivity index (χ1n) is 11.3. The number of rotatable bonds is 9. The molecule has 1 aromatic heterocycles. The lowest BCUT2D eigenvalue weighted by molar-refractivity contribution is 0.145. The smallest absolute Gasteiger partial charge is 0.163 e. The van der Waals surface area contributed by atoms with E-state index in [0.29, 0.717) is 39.6 Å². The standard InChI is InChI=1S/C25H30Cl2N4O3/c1-30-8-10-31(11-9-30)7-4-12-34-25-15-21-17(13-24(25)33-3)20(5-6-28-21)29-22-16-23(32-2)19(27)14-18(22)26/h5-6,13-16H,4,7-12H2,1-3H3,(H,28,29). The van der Waals surface area contributed by atoms with Crippen molar-refractivity contribution in [2.45, 2.75) is 6.42 Å². The van der Waals surface area contributed by atoms with Gasteiger partial charge < -0.3 is 29.3 Å². The molecule has 0 radical (unpaired) electrons. The van der Waals surface area contributed by atoms with Crippen LogP contribution in [0.4, 0.5) is 11.4 Å². The lowest BCUT2D eigenvalue weighted by atomic mass is 10.1. The second-order valence-electron chi connectivity index (χ2n) is 8.32. The molecule has 4 rings (SSSR count). The third-order valence-electron chi connectivity index (χ3n) is 6.01. The second kappa shape index (κ2) is 11.3. The Bertz CT molecular complexity index is 1140. The molecule has 2 aromatic carbocycles. The zero-order valence-electron chi connectivity index (χ0n) is 19.7. The van der Waals surface area contributed by atoms with E-state index in [1.807, 2.05) is 18.2 Å². The molecule has 1 saturated heterocycles. The summed E-state index contributed by atoms with van der Waals surface area (Å²) in [5.74, 6) is 1.88. The number of pyridine rings is 1. The van der Waals surface area contributed by atoms with Crippen LogP contribution in [0.15, 0.2) is 36.5 Å². The monoisotopic (exact) mass is 504 g/mol. The Labute approximate surface area is 210 Å². The minimum absolute atomic E-state index is 0.453. The molecule has 0 atom stereocenters. The molecule has 1 fully saturated rings. The van der Waals surface area contributed by atoms with Crippen molar-refractivity contribution in [3.05, 3.63) is 46.6 Å². The van der Waals surface area contributed by atoms with Gasteiger partial charge in [-0.05, 0) is 31.7 Å². The number of anilines is 2. The molecular weight excluding hydrogens is 475 g/mol. The molecule has 7 nitrogen and oxygen atoms in total. The van der Waals surface area contributed by atoms with Crippen molar-refractivity contribution >= 4 is 45.5 Å². The van der Waals surface area contributed by atoms with E-state index in [4.69, 9.17) is 37.4 Å². The molecule has 2 heterocycles. The van der Waals surface area contributed by atoms with E-state index in [2.05, 4.69) is 27.1 Å². The van der Waals surface area contributed by atoms with E-state index < -0.39 is 0 Å². The Balaban J connectivity index is 1.49. The molecule has 0 spiro atoms. The summed E-state index contributed by atoms with van der Waals surface area (Å²) >= 11 is 12.6. The van der Waals surface area contributed by atoms with E-state index in [9.17, 15) is 0 Å². The predicted molar refractivity (Wildman–Crippen MR) is 139 cm³/mol. The zero-order chi connectivity index (χ0) is 24.1. The summed E-state index contributed by atoms with van der Waals surface area (Å²) in [5, 5.41) is 5.19. The fraction of sp³-hybridized carbons (Fsp3) is 0.400. The van der Waals surface area contributed by atoms with E-state index >= 15 is 0 Å². The molecule has 1 N–H and O–H groups in total. The maximum absolute atomic E-state index is 6.41. The molecule has 182 valence electrons. The number of benzene rings is 2. The number of nitrogens with one attached hydrogen (secondary N) is 1. The molecule has 0 saturated carbocycles. The van der Waals surface area contributed by atoms with Crippen molar-refractivity contribution < 1.29 is 14.2 Å². The van der Waals surface area contributed by atoms with Crippen LogP contribution in [-0.2, 0) is 0 Å². The third-order valence-corrected chi connectivity index (χ3v) is 6.62. The molecule has 3 aromatic rings. The van der Waals surface area contributed by atoms with Crippen LogP contribution in [0.2, 0.25) is 10.0 Å². The lowest BCUT2D eigenvalue weighted by Gasteiger charge is -2.32. The maximum atomic E-state index is 6.41. The summed E-state index contributed by atoms with van der Waals surface area (Å²) in [6.07, 6.45) is 2.70. The summed E-state index contributed by atoms with van der Waals surface area (Å²) in [7, 11) is 5.38. The fourth-order valence-electron chi connectivity index (χ4n) is 4.00. The van der Waals surface area contributed by atoms with Crippen LogP contribution in [0, 0.1) is 0 Å². The Morgan fingerprint density at radius 1 is 0.912 bits per heavy atom. The van der Waals surface area contributed by atoms with Crippen LogP contribution >= 0.6 is 23.2 Å². The summed E-state index contributed by atoms with van der Waals surface area (Å²) in [5.41, 5.74) is 2.30. The van der Waals surface area contributed by atoms with Crippen molar-refractivity contribution in [2.75, 3.05) is 65.9 Å². The number of hydrogen-bond donors (Lipinski definition) is 1. The summed E-state index contributed by atoms with van der Waals surface area (Å²) in [6, 6.07) is 9.16. The Morgan fingerprint density at radius 3 is 2.41 bits per heavy atom. The molecular formula is C25H30Cl2N4O3. The van der Waals surface area contributed by atoms with Crippen molar-refractivity contribution in [2.24, 2.45) is 0 Å². The van der Waals surface area contributed by atoms with Gasteiger partial charge in [0.25, 0.3) is 0 Å². The minimum Gasteiger partial charge on any atom is -0.495 e. The number of halogens is 2. The van der Waals surface area contributed by atoms with Crippen LogP contribution in [0.1, 0.15) is 6.42 Å². The van der Waals surface area contributed by atoms with E-state index in [0.717, 1.165) is 55.7 Å². The quantitative estimate of drug-likeness (QED) is 0.395. The average Bonchev–Trinajstić information content (AvgIpc) is 2.84. The number of fused-ring (bicyclic) bond motifs is 1. The van der Waals surface area contributed by atoms with Gasteiger partial charge in [0.15, 0.2) is 11.5 Å². The van der Waals surface area contributed by atoms with Gasteiger partial charge in [0.1, 0.15) is 5.75 Å². The van der Waals surface area contributed by atoms with E-state index in [-0.39, 0.29) is 0 Å². The Hall–Kier alpha value is -2.45. The van der Waals surface area contributed by atoms with Gasteiger partial charge in [-0.25, -0.2) is 0 Å². The highest BCUT2D eigenvalue weighted by Gasteiger charge is 2.15. The zero-order valence-corrected chi connectivity index (χ0v) is 21.2. The first-order chi connectivity index (χ1) is 16.5. The van der Waals surface area contributed by atoms with E-state index in [1.54, 1.807) is 32.5 Å². The number of nitrogens with zero attached hydrogens (tertiary/aromatic N) is 3. The third kappa shape index (κ3) is 5.78. The Morgan fingerprint density at radius 2 is 1.68 bits per heavy atom. The molecule has 0 aliphatic carbocycles. The van der Waals surface area contributed by atoms with Gasteiger partial charge in [-0.2, -0.15) is 0 Å². The molecule has 9 heteroatoms. The fourth-order valence-corrected chi connectivity index (χ4v) is 4.51. The number of methoxy groups -OCH3 is 2. The molecule has 1 aliphatic heterocycles. The number of piperazine rings is 1. The van der Waals surface area contributed by atoms with Crippen molar-refractivity contribution in [1.29, 1.82) is 0 Å². The van der Waals surface area contributed by atoms with Crippen LogP contribution in [0.25, 0.3) is 10.9 Å². The van der Waals surface area contributed by atoms with Gasteiger partial charge in [0, 0.05) is 62.1 Å². The maximum Gasteiger partial charge on any atom is 0.163 e. The highest BCUT2D eigenvalue weighted by molar-refractivity contribution is 6.37. The molecule has 34 heavy (non-hydrogen) atoms. The summed E-state index contributed by atoms with van der Waals surface area (Å²) in [6.45, 7) is 6.11. The first kappa shape index (κ1) is 24.7. The van der Waals surface area contributed by atoms with Crippen molar-refractivity contribution in [3.8, 4) is 17.2 Å². The summed E-state index contributed by atoms with van der Waals surface area (Å²) in [4.78, 5) is 9.38. The SMILES string of the molecule is COc1cc(Nc2ccnc3cc(OCCCN4CCN(C)CC4)c(OC)cc23)c(Cl)cc1Cl. The van der Waals surface area contributed by atoms with Gasteiger partial charge in [0.2, 0.25) is 0 Å². The second-order valence-corrected chi connectivity index (χ2v) is 9.13. The minimum atomic E-state index is 0.453. The number of hydrogen-bond acceptors (Lipinski definition) is 7. The Kier molecular flexibility index (Phi) is 8.21. The largest absolute Gasteiger partial charge is 0.495 e. The number of aromatic nitrogens is 1. The highest BCUT2D eigenvalue weighted by atomic mass is 35.5. The van der Waals surface area contributed by atoms with Gasteiger partial charge in [0.05, 0.1) is 42.1 Å². The first-order valence-corrected chi connectivity index (χ1v) is 12.0. The normalized spacial score (nSPS) is 14.9. The topological polar surface area (TPSA) is 59.1 Å². The molecule has 1 aliphatic rings. The molecule has 0 amide bonds. The highest BCUT2D eigenvalue weighted by Crippen LogP contribution is 2.39. The van der Waals surface area contributed by atoms with Crippen LogP contribution in [0.5, 0.6) is 17.2 Å². The van der Waals surface area contributed by atoms with Crippen LogP contribution in [-0.4, -0.2) is 75.4 Å². The van der Waals surface area contributed by atoms with Gasteiger partial charge in [-0.1, -0.05) is 23.2 Å². The van der Waals surface area contributed by atoms with Gasteiger partial charge in [-0.15, -0.1) is 0 Å². The predicted octanol–water partition coefficient (Wildman–Crippen LogP) is 5.32. The van der Waals surface area contributed by atoms with Gasteiger partial charge in [-0.3, -0.25) is 4.98 Å². The van der Waals surface area contributed by atoms with Crippen molar-refractivity contribution in [3.63, 3.8) is 0 Å². The number of ether oxygens (including phenoxy) is 3. The lowest BCUT2D eigenvalue weighted by Crippen LogP contribution is -2.44. The van der Waals surface area contributed by atoms with Crippen LogP contribution in [0.3, 0.4) is 0 Å². The van der Waals surface area contributed by atoms with E-state index in [1.165, 1.54) is 0 Å². The van der Waals surface area contributed by atoms with Crippen molar-refractivity contribution in [1.82, 2.24) is 14.8 Å². The summed E-state index contributed by atoms with van der Waals surface area (Å²) < 4.78 is 17.1. The molecule has 0 unspecified atom stereocenters. The molecule has 0 bridgehead atoms. The van der Waals surface area contributed by atoms with Gasteiger partial charge >= 0.3 is 0 Å². The van der Waals surface area contributed by atoms with Crippen LogP contribution < -0.4 is 19.5 Å². The average molecular weight is 505 g/mol.